The number of anilines is 2. The zero-order valence-corrected chi connectivity index (χ0v) is 21.9. The van der Waals surface area contributed by atoms with Gasteiger partial charge in [0.05, 0.1) is 23.4 Å². The van der Waals surface area contributed by atoms with Crippen molar-refractivity contribution in [1.29, 1.82) is 0 Å². The van der Waals surface area contributed by atoms with Gasteiger partial charge in [-0.1, -0.05) is 12.1 Å². The van der Waals surface area contributed by atoms with Crippen molar-refractivity contribution in [2.24, 2.45) is 10.2 Å². The summed E-state index contributed by atoms with van der Waals surface area (Å²) in [5.41, 5.74) is 7.04. The van der Waals surface area contributed by atoms with Crippen molar-refractivity contribution in [2.75, 3.05) is 10.6 Å². The summed E-state index contributed by atoms with van der Waals surface area (Å²) in [5, 5.41) is 14.2. The number of amides is 2. The minimum atomic E-state index is -0.859. The molecule has 39 heavy (non-hydrogen) atoms. The highest BCUT2D eigenvalue weighted by Gasteiger charge is 2.39. The zero-order valence-electron chi connectivity index (χ0n) is 20.3. The molecule has 13 heteroatoms. The molecule has 4 rings (SSSR count). The normalized spacial score (nSPS) is 13.7. The summed E-state index contributed by atoms with van der Waals surface area (Å²) in [5.74, 6) is -1.74. The molecule has 2 amide bonds. The summed E-state index contributed by atoms with van der Waals surface area (Å²) in [6.07, 6.45) is 1.28. The molecule has 0 saturated heterocycles. The minimum Gasteiger partial charge on any atom is -0.331 e. The lowest BCUT2D eigenvalue weighted by atomic mass is 10.1. The maximum Gasteiger partial charge on any atom is 0.262 e. The van der Waals surface area contributed by atoms with E-state index in [1.807, 2.05) is 0 Å². The van der Waals surface area contributed by atoms with E-state index in [2.05, 4.69) is 31.7 Å². The van der Waals surface area contributed by atoms with Gasteiger partial charge in [-0.3, -0.25) is 25.3 Å². The van der Waals surface area contributed by atoms with Crippen molar-refractivity contribution in [2.45, 2.75) is 13.0 Å². The largest absolute Gasteiger partial charge is 0.331 e. The van der Waals surface area contributed by atoms with Crippen molar-refractivity contribution >= 4 is 69.8 Å². The number of nitrogens with one attached hydrogen (secondary N) is 4. The van der Waals surface area contributed by atoms with E-state index in [1.54, 1.807) is 31.2 Å². The fraction of sp³-hybridized carbons (Fsp3) is 0.0769. The van der Waals surface area contributed by atoms with E-state index < -0.39 is 23.7 Å². The van der Waals surface area contributed by atoms with E-state index >= 15 is 0 Å². The fourth-order valence-electron chi connectivity index (χ4n) is 3.58. The lowest BCUT2D eigenvalue weighted by Crippen LogP contribution is -2.44. The Balaban J connectivity index is 1.50. The van der Waals surface area contributed by atoms with Crippen LogP contribution in [0.5, 0.6) is 0 Å². The highest BCUT2D eigenvalue weighted by molar-refractivity contribution is 7.80. The van der Waals surface area contributed by atoms with Crippen LogP contribution in [0, 0.1) is 11.6 Å². The smallest absolute Gasteiger partial charge is 0.262 e. The number of hydrazone groups is 2. The number of thiocarbonyl (C=S) groups is 2. The second kappa shape index (κ2) is 12.3. The Bertz CT molecular complexity index is 1440. The van der Waals surface area contributed by atoms with E-state index in [1.165, 1.54) is 54.7 Å². The van der Waals surface area contributed by atoms with Crippen molar-refractivity contribution in [1.82, 2.24) is 15.8 Å². The third kappa shape index (κ3) is 6.83. The van der Waals surface area contributed by atoms with E-state index in [0.29, 0.717) is 11.4 Å². The van der Waals surface area contributed by atoms with Crippen molar-refractivity contribution in [3.05, 3.63) is 95.6 Å². The molecule has 0 aliphatic carbocycles. The van der Waals surface area contributed by atoms with Crippen molar-refractivity contribution in [3.63, 3.8) is 0 Å². The number of benzene rings is 3. The molecule has 198 valence electrons. The molecule has 1 unspecified atom stereocenters. The molecule has 0 saturated carbocycles. The third-order valence-corrected chi connectivity index (χ3v) is 5.88. The molecular weight excluding hydrogens is 544 g/mol. The molecule has 0 spiro atoms. The Kier molecular flexibility index (Phi) is 8.63. The molecule has 3 aromatic rings. The lowest BCUT2D eigenvalue weighted by Gasteiger charge is -2.22. The van der Waals surface area contributed by atoms with E-state index in [0.717, 1.165) is 4.90 Å². The molecule has 0 bridgehead atoms. The first-order chi connectivity index (χ1) is 18.7. The van der Waals surface area contributed by atoms with Crippen LogP contribution in [0.3, 0.4) is 0 Å². The zero-order chi connectivity index (χ0) is 27.9. The van der Waals surface area contributed by atoms with Crippen LogP contribution in [0.1, 0.15) is 27.6 Å². The molecular formula is C26H21F2N7O2S2. The van der Waals surface area contributed by atoms with Gasteiger partial charge >= 0.3 is 0 Å². The summed E-state index contributed by atoms with van der Waals surface area (Å²) in [6, 6.07) is 16.7. The van der Waals surface area contributed by atoms with Gasteiger partial charge in [0.1, 0.15) is 17.3 Å². The predicted molar refractivity (Wildman–Crippen MR) is 154 cm³/mol. The van der Waals surface area contributed by atoms with Gasteiger partial charge < -0.3 is 10.6 Å². The summed E-state index contributed by atoms with van der Waals surface area (Å²) in [6.45, 7) is 1.61. The quantitative estimate of drug-likeness (QED) is 0.146. The van der Waals surface area contributed by atoms with Crippen LogP contribution in [0.2, 0.25) is 0 Å². The molecule has 1 atom stereocenters. The van der Waals surface area contributed by atoms with Gasteiger partial charge in [0.2, 0.25) is 0 Å². The summed E-state index contributed by atoms with van der Waals surface area (Å²) < 4.78 is 26.3. The highest BCUT2D eigenvalue weighted by atomic mass is 32.1. The summed E-state index contributed by atoms with van der Waals surface area (Å²) in [7, 11) is 0. The monoisotopic (exact) mass is 565 g/mol. The van der Waals surface area contributed by atoms with Gasteiger partial charge in [0, 0.05) is 11.4 Å². The number of halogens is 2. The number of nitrogens with zero attached hydrogens (tertiary/aromatic N) is 3. The molecule has 0 radical (unpaired) electrons. The topological polar surface area (TPSA) is 110 Å². The van der Waals surface area contributed by atoms with Crippen LogP contribution in [0.15, 0.2) is 83.0 Å². The Morgan fingerprint density at radius 1 is 0.795 bits per heavy atom. The first-order valence-corrected chi connectivity index (χ1v) is 12.3. The van der Waals surface area contributed by atoms with Crippen LogP contribution in [-0.2, 0) is 0 Å². The minimum absolute atomic E-state index is 0.0727. The Morgan fingerprint density at radius 2 is 1.26 bits per heavy atom. The Morgan fingerprint density at radius 3 is 1.74 bits per heavy atom. The predicted octanol–water partition coefficient (Wildman–Crippen LogP) is 4.26. The van der Waals surface area contributed by atoms with Gasteiger partial charge in [-0.2, -0.15) is 10.2 Å². The van der Waals surface area contributed by atoms with Crippen LogP contribution < -0.4 is 21.5 Å². The number of hydrogen-bond acceptors (Lipinski definition) is 6. The van der Waals surface area contributed by atoms with Gasteiger partial charge in [-0.05, 0) is 92.0 Å². The van der Waals surface area contributed by atoms with Crippen molar-refractivity contribution < 1.29 is 18.4 Å². The van der Waals surface area contributed by atoms with E-state index in [9.17, 15) is 18.4 Å². The van der Waals surface area contributed by atoms with Gasteiger partial charge in [-0.25, -0.2) is 8.78 Å². The number of rotatable bonds is 7. The second-order valence-electron chi connectivity index (χ2n) is 8.14. The average molecular weight is 566 g/mol. The lowest BCUT2D eigenvalue weighted by molar-refractivity contribution is 0.0636. The maximum atomic E-state index is 13.2. The van der Waals surface area contributed by atoms with Crippen molar-refractivity contribution in [3.8, 4) is 0 Å². The molecule has 1 heterocycles. The molecule has 9 nitrogen and oxygen atoms in total. The van der Waals surface area contributed by atoms with Crippen LogP contribution in [-0.4, -0.2) is 44.9 Å². The molecule has 1 aliphatic heterocycles. The third-order valence-electron chi connectivity index (χ3n) is 5.49. The number of carbonyl (C=O) groups excluding carboxylic acids is 2. The molecule has 1 aliphatic rings. The van der Waals surface area contributed by atoms with E-state index in [-0.39, 0.29) is 32.9 Å². The molecule has 4 N–H and O–H groups in total. The first-order valence-electron chi connectivity index (χ1n) is 11.5. The summed E-state index contributed by atoms with van der Waals surface area (Å²) in [4.78, 5) is 27.1. The van der Waals surface area contributed by atoms with Gasteiger partial charge in [-0.15, -0.1) is 0 Å². The van der Waals surface area contributed by atoms with Crippen LogP contribution in [0.25, 0.3) is 0 Å². The first kappa shape index (κ1) is 27.4. The molecule has 0 aromatic heterocycles. The van der Waals surface area contributed by atoms with E-state index in [4.69, 9.17) is 24.4 Å². The number of imide groups is 1. The maximum absolute atomic E-state index is 13.2. The Hall–Kier alpha value is -4.62. The molecule has 3 aromatic carbocycles. The SMILES string of the molecule is CC(C(/C=N/NC(=S)Nc1ccc(F)cc1)=N\NC(=S)Nc1ccc(F)cc1)N1C(=O)c2ccccc2C1=O. The number of fused-ring (bicyclic) bond motifs is 1. The standard InChI is InChI=1S/C26H21F2N7O2S2/c1-15(35-23(36)20-4-2-3-5-21(20)24(35)37)22(32-34-26(39)31-19-12-8-17(28)9-13-19)14-29-33-25(38)30-18-10-6-16(27)7-11-18/h2-15H,1H3,(H2,30,33,38)(H2,31,34,39)/b29-14+,32-22-. The second-order valence-corrected chi connectivity index (χ2v) is 8.96. The van der Waals surface area contributed by atoms with Crippen LogP contribution in [0.4, 0.5) is 20.2 Å². The number of hydrogen-bond donors (Lipinski definition) is 4. The Labute approximate surface area is 233 Å². The van der Waals surface area contributed by atoms with Gasteiger partial charge in [0.15, 0.2) is 10.2 Å². The van der Waals surface area contributed by atoms with Gasteiger partial charge in [0.25, 0.3) is 11.8 Å². The molecule has 0 fully saturated rings. The number of carbonyl (C=O) groups is 2. The highest BCUT2D eigenvalue weighted by Crippen LogP contribution is 2.24. The summed E-state index contributed by atoms with van der Waals surface area (Å²) >= 11 is 10.5. The van der Waals surface area contributed by atoms with Crippen LogP contribution >= 0.6 is 24.4 Å². The average Bonchev–Trinajstić information content (AvgIpc) is 3.18. The fourth-order valence-corrected chi connectivity index (χ4v) is 3.91.